The molecule has 0 atom stereocenters. The van der Waals surface area contributed by atoms with E-state index in [1.165, 1.54) is 11.1 Å². The highest BCUT2D eigenvalue weighted by Crippen LogP contribution is 2.44. The maximum atomic E-state index is 12.7. The largest absolute Gasteiger partial charge is 0.507 e. The molecule has 0 unspecified atom stereocenters. The summed E-state index contributed by atoms with van der Waals surface area (Å²) in [4.78, 5) is 8.97. The molecule has 1 aliphatic carbocycles. The van der Waals surface area contributed by atoms with Gasteiger partial charge in [-0.15, -0.1) is 0 Å². The maximum absolute atomic E-state index is 12.7. The minimum Gasteiger partial charge on any atom is -0.507 e. The van der Waals surface area contributed by atoms with Gasteiger partial charge in [0.2, 0.25) is 0 Å². The highest BCUT2D eigenvalue weighted by Gasteiger charge is 2.28. The molecule has 0 amide bonds. The third-order valence-corrected chi connectivity index (χ3v) is 13.1. The SMILES string of the molecule is CC(C)(C)c1cc2c(O)c(c1)Cc1cc(C(C)(C)C)cc(c1OCCNCc1ccccn1)Cc1cc(C(C)(C)C)cc(c1O)Cc1cc(C(C)(C)C)cc(c1OCCNCc1ccccn1)C2. The highest BCUT2D eigenvalue weighted by molar-refractivity contribution is 5.59. The monoisotopic (exact) mass is 917 g/mol. The molecule has 0 radical (unpaired) electrons. The molecular formula is C60H76N4O4. The molecule has 4 N–H and O–H groups in total. The lowest BCUT2D eigenvalue weighted by molar-refractivity contribution is 0.307. The molecule has 8 nitrogen and oxygen atoms in total. The number of hydrogen-bond donors (Lipinski definition) is 4. The molecule has 0 saturated heterocycles. The summed E-state index contributed by atoms with van der Waals surface area (Å²) < 4.78 is 13.9. The molecule has 7 rings (SSSR count). The first-order chi connectivity index (χ1) is 32.0. The Morgan fingerprint density at radius 1 is 0.426 bits per heavy atom. The molecule has 68 heavy (non-hydrogen) atoms. The Morgan fingerprint density at radius 3 is 0.956 bits per heavy atom. The highest BCUT2D eigenvalue weighted by atomic mass is 16.5. The number of hydrogen-bond acceptors (Lipinski definition) is 8. The second-order valence-electron chi connectivity index (χ2n) is 22.9. The van der Waals surface area contributed by atoms with Gasteiger partial charge in [-0.2, -0.15) is 0 Å². The molecule has 2 heterocycles. The van der Waals surface area contributed by atoms with Gasteiger partial charge in [0.25, 0.3) is 0 Å². The molecular weight excluding hydrogens is 841 g/mol. The summed E-state index contributed by atoms with van der Waals surface area (Å²) in [6.45, 7) is 30.2. The molecule has 6 aromatic rings. The average molecular weight is 917 g/mol. The van der Waals surface area contributed by atoms with Crippen molar-refractivity contribution in [1.82, 2.24) is 20.6 Å². The summed E-state index contributed by atoms with van der Waals surface area (Å²) in [7, 11) is 0. The van der Waals surface area contributed by atoms with Gasteiger partial charge in [-0.05, 0) is 113 Å². The van der Waals surface area contributed by atoms with Gasteiger partial charge in [0.1, 0.15) is 36.2 Å². The number of fused-ring (bicyclic) bond motifs is 8. The van der Waals surface area contributed by atoms with Crippen LogP contribution in [0.2, 0.25) is 0 Å². The summed E-state index contributed by atoms with van der Waals surface area (Å²) >= 11 is 0. The van der Waals surface area contributed by atoms with E-state index in [2.05, 4.69) is 152 Å². The van der Waals surface area contributed by atoms with E-state index >= 15 is 0 Å². The van der Waals surface area contributed by atoms with Gasteiger partial charge in [-0.3, -0.25) is 9.97 Å². The molecule has 0 spiro atoms. The second-order valence-corrected chi connectivity index (χ2v) is 22.9. The predicted octanol–water partition coefficient (Wildman–Crippen LogP) is 12.1. The number of benzene rings is 4. The zero-order valence-corrected chi connectivity index (χ0v) is 42.9. The van der Waals surface area contributed by atoms with Crippen LogP contribution in [0.3, 0.4) is 0 Å². The van der Waals surface area contributed by atoms with Crippen LogP contribution in [0.15, 0.2) is 97.3 Å². The molecule has 360 valence electrons. The van der Waals surface area contributed by atoms with Crippen molar-refractivity contribution in [3.8, 4) is 23.0 Å². The topological polar surface area (TPSA) is 109 Å². The Hall–Kier alpha value is -5.70. The molecule has 0 aliphatic heterocycles. The van der Waals surface area contributed by atoms with E-state index in [0.717, 1.165) is 78.5 Å². The summed E-state index contributed by atoms with van der Waals surface area (Å²) in [6, 6.07) is 29.8. The first kappa shape index (κ1) is 50.2. The van der Waals surface area contributed by atoms with Gasteiger partial charge < -0.3 is 30.3 Å². The lowest BCUT2D eigenvalue weighted by atomic mass is 9.79. The Kier molecular flexibility index (Phi) is 15.1. The summed E-state index contributed by atoms with van der Waals surface area (Å²) in [5.41, 5.74) is 13.2. The van der Waals surface area contributed by atoms with Crippen LogP contribution >= 0.6 is 0 Å². The van der Waals surface area contributed by atoms with E-state index in [1.807, 2.05) is 48.8 Å². The standard InChI is InChI=1S/C60H76N4O4/c1-57(2,3)47-29-39-25-43-33-49(59(7,8)9)35-45(55(43)67-23-21-61-37-51-17-13-15-19-63-51)27-41-31-48(58(4,5)6)32-42(54(41)66)28-46-36-50(60(10,11)12)34-44(26-40(30-47)53(39)65)56(46)68-24-22-62-38-52-18-14-16-20-64-52/h13-20,29-36,61-62,65-66H,21-28,37-38H2,1-12H3. The van der Waals surface area contributed by atoms with Gasteiger partial charge >= 0.3 is 0 Å². The second kappa shape index (κ2) is 20.5. The Balaban J connectivity index is 1.42. The molecule has 2 aromatic heterocycles. The van der Waals surface area contributed by atoms with Crippen LogP contribution in [0.4, 0.5) is 0 Å². The number of phenolic OH excluding ortho intramolecular Hbond substituents is 2. The van der Waals surface area contributed by atoms with Gasteiger partial charge in [-0.25, -0.2) is 0 Å². The molecule has 4 aromatic carbocycles. The Labute approximate surface area is 407 Å². The van der Waals surface area contributed by atoms with Crippen LogP contribution in [0.1, 0.15) is 161 Å². The molecule has 1 aliphatic rings. The van der Waals surface area contributed by atoms with Crippen molar-refractivity contribution < 1.29 is 19.7 Å². The van der Waals surface area contributed by atoms with E-state index in [9.17, 15) is 10.2 Å². The minimum absolute atomic E-state index is 0.189. The number of aromatic hydroxyl groups is 2. The van der Waals surface area contributed by atoms with Crippen molar-refractivity contribution >= 4 is 0 Å². The number of pyridine rings is 2. The predicted molar refractivity (Wildman–Crippen MR) is 278 cm³/mol. The van der Waals surface area contributed by atoms with Gasteiger partial charge in [0.05, 0.1) is 11.4 Å². The van der Waals surface area contributed by atoms with Crippen molar-refractivity contribution in [3.63, 3.8) is 0 Å². The first-order valence-corrected chi connectivity index (χ1v) is 24.5. The van der Waals surface area contributed by atoms with Gasteiger partial charge in [-0.1, -0.05) is 144 Å². The lowest BCUT2D eigenvalue weighted by Gasteiger charge is -2.28. The summed E-state index contributed by atoms with van der Waals surface area (Å²) in [5, 5.41) is 32.4. The molecule has 0 fully saturated rings. The zero-order valence-electron chi connectivity index (χ0n) is 42.9. The summed E-state index contributed by atoms with van der Waals surface area (Å²) in [5.74, 6) is 2.17. The van der Waals surface area contributed by atoms with Crippen LogP contribution in [0, 0.1) is 0 Å². The van der Waals surface area contributed by atoms with Crippen molar-refractivity contribution in [2.75, 3.05) is 26.3 Å². The number of aromatic nitrogens is 2. The third-order valence-electron chi connectivity index (χ3n) is 13.1. The van der Waals surface area contributed by atoms with Crippen LogP contribution in [-0.4, -0.2) is 46.5 Å². The maximum Gasteiger partial charge on any atom is 0.126 e. The van der Waals surface area contributed by atoms with Gasteiger partial charge in [0.15, 0.2) is 0 Å². The summed E-state index contributed by atoms with van der Waals surface area (Å²) in [6.07, 6.45) is 5.44. The van der Waals surface area contributed by atoms with Crippen LogP contribution in [0.5, 0.6) is 23.0 Å². The van der Waals surface area contributed by atoms with Crippen molar-refractivity contribution in [2.45, 2.75) is 144 Å². The zero-order chi connectivity index (χ0) is 49.0. The number of rotatable bonds is 12. The molecule has 8 heteroatoms. The van der Waals surface area contributed by atoms with E-state index < -0.39 is 0 Å². The molecule has 8 bridgehead atoms. The Bertz CT molecular complexity index is 2400. The van der Waals surface area contributed by atoms with Crippen molar-refractivity contribution in [3.05, 3.63) is 175 Å². The minimum atomic E-state index is -0.197. The van der Waals surface area contributed by atoms with E-state index in [0.29, 0.717) is 76.6 Å². The molecule has 0 saturated carbocycles. The lowest BCUT2D eigenvalue weighted by Crippen LogP contribution is -2.22. The fourth-order valence-electron chi connectivity index (χ4n) is 8.91. The van der Waals surface area contributed by atoms with Crippen LogP contribution in [-0.2, 0) is 60.4 Å². The quantitative estimate of drug-likeness (QED) is 0.0898. The number of nitrogens with one attached hydrogen (secondary N) is 2. The third kappa shape index (κ3) is 12.5. The van der Waals surface area contributed by atoms with E-state index in [4.69, 9.17) is 9.47 Å². The van der Waals surface area contributed by atoms with Crippen molar-refractivity contribution in [2.24, 2.45) is 0 Å². The first-order valence-electron chi connectivity index (χ1n) is 24.5. The average Bonchev–Trinajstić information content (AvgIpc) is 3.26. The normalized spacial score (nSPS) is 13.4. The Morgan fingerprint density at radius 2 is 0.706 bits per heavy atom. The fourth-order valence-corrected chi connectivity index (χ4v) is 8.91. The van der Waals surface area contributed by atoms with Crippen LogP contribution in [0.25, 0.3) is 0 Å². The van der Waals surface area contributed by atoms with E-state index in [-0.39, 0.29) is 21.7 Å². The smallest absolute Gasteiger partial charge is 0.126 e. The van der Waals surface area contributed by atoms with Gasteiger partial charge in [0, 0.05) is 64.3 Å². The number of phenols is 2. The number of ether oxygens (including phenoxy) is 2. The van der Waals surface area contributed by atoms with Crippen LogP contribution < -0.4 is 20.1 Å². The van der Waals surface area contributed by atoms with Crippen molar-refractivity contribution in [1.29, 1.82) is 0 Å². The van der Waals surface area contributed by atoms with E-state index in [1.54, 1.807) is 0 Å². The number of nitrogens with zero attached hydrogens (tertiary/aromatic N) is 2. The fraction of sp³-hybridized carbons (Fsp3) is 0.433.